The second kappa shape index (κ2) is 7.38. The number of carbonyl (C=O) groups is 2. The van der Waals surface area contributed by atoms with Gasteiger partial charge in [0.25, 0.3) is 5.91 Å². The van der Waals surface area contributed by atoms with Gasteiger partial charge in [0, 0.05) is 25.8 Å². The highest BCUT2D eigenvalue weighted by Crippen LogP contribution is 2.33. The predicted octanol–water partition coefficient (Wildman–Crippen LogP) is 2.71. The molecule has 0 bridgehead atoms. The summed E-state index contributed by atoms with van der Waals surface area (Å²) in [6.45, 7) is 0.316. The van der Waals surface area contributed by atoms with Crippen LogP contribution < -0.4 is 4.74 Å². The molecule has 8 heteroatoms. The van der Waals surface area contributed by atoms with E-state index in [1.807, 2.05) is 0 Å². The highest BCUT2D eigenvalue weighted by atomic mass is 35.5. The summed E-state index contributed by atoms with van der Waals surface area (Å²) in [6.07, 6.45) is 0.130. The molecule has 1 aromatic carbocycles. The van der Waals surface area contributed by atoms with Crippen molar-refractivity contribution in [1.82, 2.24) is 4.90 Å². The SMILES string of the molecule is COc1cc(Cl)c(Cl)cc1C(=O)N1CC(OC)CC1CC(=O)O. The third kappa shape index (κ3) is 3.88. The first-order valence-corrected chi connectivity index (χ1v) is 7.71. The Hall–Kier alpha value is -1.50. The number of carboxylic acids is 1. The predicted molar refractivity (Wildman–Crippen MR) is 85.5 cm³/mol. The molecule has 0 radical (unpaired) electrons. The third-order valence-corrected chi connectivity index (χ3v) is 4.58. The highest BCUT2D eigenvalue weighted by Gasteiger charge is 2.37. The van der Waals surface area contributed by atoms with E-state index in [0.29, 0.717) is 18.7 Å². The maximum absolute atomic E-state index is 12.8. The zero-order valence-corrected chi connectivity index (χ0v) is 14.2. The molecule has 0 spiro atoms. The smallest absolute Gasteiger partial charge is 0.305 e. The van der Waals surface area contributed by atoms with Gasteiger partial charge in [-0.3, -0.25) is 9.59 Å². The zero-order valence-electron chi connectivity index (χ0n) is 12.7. The number of ether oxygens (including phenoxy) is 2. The Kier molecular flexibility index (Phi) is 5.73. The molecule has 1 fully saturated rings. The molecule has 1 aromatic rings. The summed E-state index contributed by atoms with van der Waals surface area (Å²) in [4.78, 5) is 25.4. The minimum Gasteiger partial charge on any atom is -0.496 e. The van der Waals surface area contributed by atoms with Crippen molar-refractivity contribution in [1.29, 1.82) is 0 Å². The van der Waals surface area contributed by atoms with Crippen LogP contribution in [0.25, 0.3) is 0 Å². The van der Waals surface area contributed by atoms with Gasteiger partial charge in [-0.1, -0.05) is 23.2 Å². The van der Waals surface area contributed by atoms with Crippen LogP contribution in [0.1, 0.15) is 23.2 Å². The van der Waals surface area contributed by atoms with E-state index in [9.17, 15) is 9.59 Å². The van der Waals surface area contributed by atoms with Gasteiger partial charge in [0.05, 0.1) is 35.2 Å². The van der Waals surface area contributed by atoms with E-state index in [2.05, 4.69) is 0 Å². The molecule has 2 unspecified atom stereocenters. The summed E-state index contributed by atoms with van der Waals surface area (Å²) in [7, 11) is 2.96. The average Bonchev–Trinajstić information content (AvgIpc) is 2.91. The number of benzene rings is 1. The largest absolute Gasteiger partial charge is 0.496 e. The van der Waals surface area contributed by atoms with Gasteiger partial charge in [-0.25, -0.2) is 0 Å². The second-order valence-electron chi connectivity index (χ2n) is 5.27. The normalized spacial score (nSPS) is 20.6. The van der Waals surface area contributed by atoms with Gasteiger partial charge in [0.2, 0.25) is 0 Å². The number of likely N-dealkylation sites (tertiary alicyclic amines) is 1. The Bertz CT molecular complexity index is 622. The topological polar surface area (TPSA) is 76.1 Å². The summed E-state index contributed by atoms with van der Waals surface area (Å²) >= 11 is 11.9. The van der Waals surface area contributed by atoms with E-state index in [1.165, 1.54) is 31.3 Å². The number of hydrogen-bond donors (Lipinski definition) is 1. The summed E-state index contributed by atoms with van der Waals surface area (Å²) in [5, 5.41) is 9.55. The van der Waals surface area contributed by atoms with Crippen molar-refractivity contribution in [3.8, 4) is 5.75 Å². The van der Waals surface area contributed by atoms with Gasteiger partial charge in [-0.05, 0) is 12.5 Å². The maximum atomic E-state index is 12.8. The first kappa shape index (κ1) is 17.8. The van der Waals surface area contributed by atoms with Crippen LogP contribution >= 0.6 is 23.2 Å². The highest BCUT2D eigenvalue weighted by molar-refractivity contribution is 6.42. The van der Waals surface area contributed by atoms with Gasteiger partial charge in [-0.2, -0.15) is 0 Å². The number of hydrogen-bond acceptors (Lipinski definition) is 4. The van der Waals surface area contributed by atoms with Crippen molar-refractivity contribution in [2.24, 2.45) is 0 Å². The van der Waals surface area contributed by atoms with Crippen LogP contribution in [0.2, 0.25) is 10.0 Å². The molecule has 0 saturated carbocycles. The molecule has 1 aliphatic rings. The number of halogens is 2. The summed E-state index contributed by atoms with van der Waals surface area (Å²) in [5.41, 5.74) is 0.244. The molecular formula is C15H17Cl2NO5. The number of rotatable bonds is 5. The van der Waals surface area contributed by atoms with Crippen LogP contribution in [-0.2, 0) is 9.53 Å². The van der Waals surface area contributed by atoms with Crippen molar-refractivity contribution in [2.75, 3.05) is 20.8 Å². The molecule has 1 aliphatic heterocycles. The molecule has 6 nitrogen and oxygen atoms in total. The lowest BCUT2D eigenvalue weighted by atomic mass is 10.1. The standard InChI is InChI=1S/C15H17Cl2NO5/c1-22-9-3-8(4-14(19)20)18(7-9)15(21)10-5-11(16)12(17)6-13(10)23-2/h5-6,8-9H,3-4,7H2,1-2H3,(H,19,20). The monoisotopic (exact) mass is 361 g/mol. The fourth-order valence-corrected chi connectivity index (χ4v) is 3.02. The van der Waals surface area contributed by atoms with Crippen LogP contribution in [0.3, 0.4) is 0 Å². The van der Waals surface area contributed by atoms with E-state index in [4.69, 9.17) is 37.8 Å². The molecule has 1 saturated heterocycles. The summed E-state index contributed by atoms with van der Waals surface area (Å²) in [5.74, 6) is -1.03. The van der Waals surface area contributed by atoms with Crippen LogP contribution in [-0.4, -0.2) is 54.8 Å². The van der Waals surface area contributed by atoms with Gasteiger partial charge >= 0.3 is 5.97 Å². The number of aliphatic carboxylic acids is 1. The first-order chi connectivity index (χ1) is 10.9. The Balaban J connectivity index is 2.34. The molecule has 23 heavy (non-hydrogen) atoms. The first-order valence-electron chi connectivity index (χ1n) is 6.96. The van der Waals surface area contributed by atoms with Crippen LogP contribution in [0.15, 0.2) is 12.1 Å². The van der Waals surface area contributed by atoms with Gasteiger partial charge in [0.15, 0.2) is 0 Å². The van der Waals surface area contributed by atoms with Crippen LogP contribution in [0.5, 0.6) is 5.75 Å². The maximum Gasteiger partial charge on any atom is 0.305 e. The molecule has 126 valence electrons. The van der Waals surface area contributed by atoms with E-state index in [-0.39, 0.29) is 34.0 Å². The minimum absolute atomic E-state index is 0.144. The van der Waals surface area contributed by atoms with Gasteiger partial charge in [-0.15, -0.1) is 0 Å². The number of carbonyl (C=O) groups excluding carboxylic acids is 1. The Labute approximate surface area is 143 Å². The molecule has 1 N–H and O–H groups in total. The molecule has 0 aromatic heterocycles. The van der Waals surface area contributed by atoms with Crippen LogP contribution in [0, 0.1) is 0 Å². The van der Waals surface area contributed by atoms with Crippen molar-refractivity contribution in [2.45, 2.75) is 25.0 Å². The number of nitrogens with zero attached hydrogens (tertiary/aromatic N) is 1. The molecule has 2 rings (SSSR count). The molecular weight excluding hydrogens is 345 g/mol. The lowest BCUT2D eigenvalue weighted by Gasteiger charge is -2.24. The van der Waals surface area contributed by atoms with Crippen LogP contribution in [0.4, 0.5) is 0 Å². The van der Waals surface area contributed by atoms with E-state index in [1.54, 1.807) is 0 Å². The van der Waals surface area contributed by atoms with E-state index in [0.717, 1.165) is 0 Å². The number of methoxy groups -OCH3 is 2. The molecule has 1 amide bonds. The Morgan fingerprint density at radius 1 is 1.30 bits per heavy atom. The Morgan fingerprint density at radius 2 is 1.96 bits per heavy atom. The number of carboxylic acid groups (broad SMARTS) is 1. The van der Waals surface area contributed by atoms with Crippen molar-refractivity contribution in [3.63, 3.8) is 0 Å². The molecule has 1 heterocycles. The van der Waals surface area contributed by atoms with E-state index < -0.39 is 12.0 Å². The van der Waals surface area contributed by atoms with Crippen molar-refractivity contribution in [3.05, 3.63) is 27.7 Å². The van der Waals surface area contributed by atoms with Gasteiger partial charge in [0.1, 0.15) is 5.75 Å². The second-order valence-corrected chi connectivity index (χ2v) is 6.08. The quantitative estimate of drug-likeness (QED) is 0.872. The van der Waals surface area contributed by atoms with Crippen molar-refractivity contribution >= 4 is 35.1 Å². The molecule has 2 atom stereocenters. The lowest BCUT2D eigenvalue weighted by molar-refractivity contribution is -0.137. The Morgan fingerprint density at radius 3 is 2.52 bits per heavy atom. The summed E-state index contributed by atoms with van der Waals surface area (Å²) in [6, 6.07) is 2.46. The number of amides is 1. The zero-order chi connectivity index (χ0) is 17.1. The molecule has 0 aliphatic carbocycles. The van der Waals surface area contributed by atoms with Gasteiger partial charge < -0.3 is 19.5 Å². The summed E-state index contributed by atoms with van der Waals surface area (Å²) < 4.78 is 10.5. The van der Waals surface area contributed by atoms with Crippen molar-refractivity contribution < 1.29 is 24.2 Å². The fraction of sp³-hybridized carbons (Fsp3) is 0.467. The minimum atomic E-state index is -0.967. The third-order valence-electron chi connectivity index (χ3n) is 3.85. The van der Waals surface area contributed by atoms with E-state index >= 15 is 0 Å². The lowest BCUT2D eigenvalue weighted by Crippen LogP contribution is -2.37. The average molecular weight is 362 g/mol. The fourth-order valence-electron chi connectivity index (χ4n) is 2.71.